The lowest BCUT2D eigenvalue weighted by Crippen LogP contribution is -2.57. The first kappa shape index (κ1) is 22.9. The average molecular weight is 423 g/mol. The smallest absolute Gasteiger partial charge is 0.475 e. The number of carbonyl (C=O) groups is 2. The quantitative estimate of drug-likeness (QED) is 0.652. The Bertz CT molecular complexity index is 721. The zero-order chi connectivity index (χ0) is 21.7. The maximum Gasteiger partial charge on any atom is 0.490 e. The number of nitrogens with one attached hydrogen (secondary N) is 2. The van der Waals surface area contributed by atoms with E-state index in [2.05, 4.69) is 15.5 Å². The summed E-state index contributed by atoms with van der Waals surface area (Å²) in [6, 6.07) is 6.09. The minimum absolute atomic E-state index is 0.102. The Morgan fingerprint density at radius 3 is 2.31 bits per heavy atom. The number of carboxylic acid groups (broad SMARTS) is 1. The SMILES string of the molecule is O=C(N[C@@H]1CNCCC1(F)F)c1ccccc1N1CCCC1.O=C(O)C(F)(F)F. The van der Waals surface area contributed by atoms with Gasteiger partial charge in [-0.2, -0.15) is 13.2 Å². The van der Waals surface area contributed by atoms with Gasteiger partial charge in [0.2, 0.25) is 0 Å². The number of aliphatic carboxylic acids is 1. The summed E-state index contributed by atoms with van der Waals surface area (Å²) in [5, 5.41) is 12.5. The largest absolute Gasteiger partial charge is 0.490 e. The van der Waals surface area contributed by atoms with Crippen molar-refractivity contribution in [1.29, 1.82) is 0 Å². The number of benzene rings is 1. The third kappa shape index (κ3) is 6.28. The molecule has 29 heavy (non-hydrogen) atoms. The highest BCUT2D eigenvalue weighted by Crippen LogP contribution is 2.27. The van der Waals surface area contributed by atoms with Crippen LogP contribution in [0.15, 0.2) is 24.3 Å². The van der Waals surface area contributed by atoms with Crippen LogP contribution in [0, 0.1) is 0 Å². The van der Waals surface area contributed by atoms with Crippen molar-refractivity contribution in [3.8, 4) is 0 Å². The van der Waals surface area contributed by atoms with E-state index in [0.29, 0.717) is 5.56 Å². The van der Waals surface area contributed by atoms with Crippen molar-refractivity contribution in [2.24, 2.45) is 0 Å². The van der Waals surface area contributed by atoms with E-state index in [1.54, 1.807) is 12.1 Å². The Labute approximate surface area is 164 Å². The number of anilines is 1. The average Bonchev–Trinajstić information content (AvgIpc) is 3.17. The molecule has 0 radical (unpaired) electrons. The van der Waals surface area contributed by atoms with Crippen molar-refractivity contribution < 1.29 is 36.6 Å². The Hall–Kier alpha value is -2.43. The fourth-order valence-electron chi connectivity index (χ4n) is 3.12. The zero-order valence-corrected chi connectivity index (χ0v) is 15.4. The van der Waals surface area contributed by atoms with Gasteiger partial charge in [0, 0.05) is 38.3 Å². The van der Waals surface area contributed by atoms with Crippen molar-refractivity contribution in [2.45, 2.75) is 37.4 Å². The van der Waals surface area contributed by atoms with E-state index >= 15 is 0 Å². The summed E-state index contributed by atoms with van der Waals surface area (Å²) < 4.78 is 59.5. The molecule has 162 valence electrons. The minimum Gasteiger partial charge on any atom is -0.475 e. The summed E-state index contributed by atoms with van der Waals surface area (Å²) in [5.41, 5.74) is 1.32. The van der Waals surface area contributed by atoms with Crippen LogP contribution in [0.3, 0.4) is 0 Å². The molecule has 1 amide bonds. The maximum atomic E-state index is 13.9. The summed E-state index contributed by atoms with van der Waals surface area (Å²) in [5.74, 6) is -6.04. The molecule has 0 aliphatic carbocycles. The summed E-state index contributed by atoms with van der Waals surface area (Å²) >= 11 is 0. The second-order valence-electron chi connectivity index (χ2n) is 6.76. The molecular formula is C18H22F5N3O3. The minimum atomic E-state index is -5.08. The topological polar surface area (TPSA) is 81.7 Å². The number of hydrogen-bond acceptors (Lipinski definition) is 4. The Balaban J connectivity index is 0.000000370. The van der Waals surface area contributed by atoms with Crippen LogP contribution in [0.5, 0.6) is 0 Å². The van der Waals surface area contributed by atoms with Crippen LogP contribution in [-0.2, 0) is 4.79 Å². The number of carbonyl (C=O) groups excluding carboxylic acids is 1. The van der Waals surface area contributed by atoms with Crippen molar-refractivity contribution >= 4 is 17.6 Å². The highest BCUT2D eigenvalue weighted by molar-refractivity contribution is 6.00. The number of para-hydroxylation sites is 1. The van der Waals surface area contributed by atoms with Crippen LogP contribution in [-0.4, -0.2) is 61.3 Å². The van der Waals surface area contributed by atoms with Gasteiger partial charge in [-0.25, -0.2) is 13.6 Å². The lowest BCUT2D eigenvalue weighted by molar-refractivity contribution is -0.192. The van der Waals surface area contributed by atoms with Gasteiger partial charge in [-0.15, -0.1) is 0 Å². The van der Waals surface area contributed by atoms with E-state index < -0.39 is 30.0 Å². The van der Waals surface area contributed by atoms with Crippen molar-refractivity contribution in [3.05, 3.63) is 29.8 Å². The van der Waals surface area contributed by atoms with Crippen LogP contribution < -0.4 is 15.5 Å². The Morgan fingerprint density at radius 1 is 1.17 bits per heavy atom. The van der Waals surface area contributed by atoms with E-state index in [0.717, 1.165) is 31.6 Å². The fraction of sp³-hybridized carbons (Fsp3) is 0.556. The molecule has 0 saturated carbocycles. The van der Waals surface area contributed by atoms with E-state index in [1.165, 1.54) is 0 Å². The monoisotopic (exact) mass is 423 g/mol. The molecule has 2 aliphatic rings. The maximum absolute atomic E-state index is 13.9. The van der Waals surface area contributed by atoms with E-state index in [9.17, 15) is 26.7 Å². The number of halogens is 5. The molecule has 11 heteroatoms. The molecule has 2 saturated heterocycles. The molecule has 2 aliphatic heterocycles. The molecule has 2 heterocycles. The fourth-order valence-corrected chi connectivity index (χ4v) is 3.12. The zero-order valence-electron chi connectivity index (χ0n) is 15.4. The van der Waals surface area contributed by atoms with Gasteiger partial charge in [-0.1, -0.05) is 12.1 Å². The van der Waals surface area contributed by atoms with E-state index in [4.69, 9.17) is 9.90 Å². The van der Waals surface area contributed by atoms with Gasteiger partial charge in [-0.05, 0) is 25.0 Å². The van der Waals surface area contributed by atoms with Crippen LogP contribution >= 0.6 is 0 Å². The molecular weight excluding hydrogens is 401 g/mol. The number of carboxylic acids is 1. The second kappa shape index (κ2) is 9.38. The number of alkyl halides is 5. The van der Waals surface area contributed by atoms with Crippen molar-refractivity contribution in [1.82, 2.24) is 10.6 Å². The lowest BCUT2D eigenvalue weighted by Gasteiger charge is -2.32. The lowest BCUT2D eigenvalue weighted by atomic mass is 10.0. The van der Waals surface area contributed by atoms with Crippen molar-refractivity contribution in [2.75, 3.05) is 31.1 Å². The van der Waals surface area contributed by atoms with Gasteiger partial charge < -0.3 is 20.6 Å². The second-order valence-corrected chi connectivity index (χ2v) is 6.76. The molecule has 6 nitrogen and oxygen atoms in total. The highest BCUT2D eigenvalue weighted by Gasteiger charge is 2.42. The number of nitrogens with zero attached hydrogens (tertiary/aromatic N) is 1. The number of hydrogen-bond donors (Lipinski definition) is 3. The Morgan fingerprint density at radius 2 is 1.76 bits per heavy atom. The predicted octanol–water partition coefficient (Wildman–Crippen LogP) is 2.65. The summed E-state index contributed by atoms with van der Waals surface area (Å²) in [6.07, 6.45) is -3.13. The van der Waals surface area contributed by atoms with Gasteiger partial charge in [0.05, 0.1) is 5.56 Å². The van der Waals surface area contributed by atoms with Crippen LogP contribution in [0.2, 0.25) is 0 Å². The van der Waals surface area contributed by atoms with Gasteiger partial charge in [0.1, 0.15) is 6.04 Å². The van der Waals surface area contributed by atoms with E-state index in [-0.39, 0.29) is 19.5 Å². The molecule has 2 fully saturated rings. The molecule has 1 atom stereocenters. The number of amides is 1. The predicted molar refractivity (Wildman–Crippen MR) is 95.3 cm³/mol. The normalized spacial score (nSPS) is 21.1. The van der Waals surface area contributed by atoms with Gasteiger partial charge in [0.15, 0.2) is 0 Å². The van der Waals surface area contributed by atoms with Gasteiger partial charge >= 0.3 is 12.1 Å². The summed E-state index contributed by atoms with van der Waals surface area (Å²) in [7, 11) is 0. The van der Waals surface area contributed by atoms with E-state index in [1.807, 2.05) is 12.1 Å². The molecule has 3 N–H and O–H groups in total. The van der Waals surface area contributed by atoms with Gasteiger partial charge in [0.25, 0.3) is 11.8 Å². The molecule has 1 aromatic rings. The number of rotatable bonds is 3. The molecule has 0 aromatic heterocycles. The van der Waals surface area contributed by atoms with Crippen LogP contribution in [0.25, 0.3) is 0 Å². The molecule has 0 bridgehead atoms. The third-order valence-electron chi connectivity index (χ3n) is 4.64. The molecule has 3 rings (SSSR count). The summed E-state index contributed by atoms with van der Waals surface area (Å²) in [6.45, 7) is 2.20. The van der Waals surface area contributed by atoms with Gasteiger partial charge in [-0.3, -0.25) is 4.79 Å². The highest BCUT2D eigenvalue weighted by atomic mass is 19.4. The first-order chi connectivity index (χ1) is 13.5. The first-order valence-electron chi connectivity index (χ1n) is 9.06. The number of piperidine rings is 1. The summed E-state index contributed by atoms with van der Waals surface area (Å²) in [4.78, 5) is 23.5. The van der Waals surface area contributed by atoms with Crippen LogP contribution in [0.4, 0.5) is 27.6 Å². The first-order valence-corrected chi connectivity index (χ1v) is 9.06. The van der Waals surface area contributed by atoms with Crippen molar-refractivity contribution in [3.63, 3.8) is 0 Å². The Kier molecular flexibility index (Phi) is 7.39. The van der Waals surface area contributed by atoms with Crippen LogP contribution in [0.1, 0.15) is 29.6 Å². The molecule has 1 aromatic carbocycles. The molecule has 0 unspecified atom stereocenters. The molecule has 0 spiro atoms. The third-order valence-corrected chi connectivity index (χ3v) is 4.64. The standard InChI is InChI=1S/C16H21F2N3O.C2HF3O2/c17-16(18)7-8-19-11-14(16)20-15(22)12-5-1-2-6-13(12)21-9-3-4-10-21;3-2(4,5)1(6)7/h1-2,5-6,14,19H,3-4,7-11H2,(H,20,22);(H,6,7)/t14-;/m1./s1.